The number of benzene rings is 1. The summed E-state index contributed by atoms with van der Waals surface area (Å²) in [6.07, 6.45) is 0.780. The lowest BCUT2D eigenvalue weighted by Crippen LogP contribution is -2.40. The van der Waals surface area contributed by atoms with Gasteiger partial charge in [-0.15, -0.1) is 0 Å². The number of nitrogens with zero attached hydrogens (tertiary/aromatic N) is 1. The van der Waals surface area contributed by atoms with Crippen molar-refractivity contribution in [3.05, 3.63) is 35.1 Å². The first kappa shape index (κ1) is 13.4. The van der Waals surface area contributed by atoms with Gasteiger partial charge >= 0.3 is 5.97 Å². The molecule has 1 unspecified atom stereocenters. The van der Waals surface area contributed by atoms with Gasteiger partial charge in [0.05, 0.1) is 0 Å². The molecule has 1 heterocycles. The molecule has 102 valence electrons. The van der Waals surface area contributed by atoms with Crippen molar-refractivity contribution in [3.63, 3.8) is 0 Å². The zero-order chi connectivity index (χ0) is 14.2. The molecule has 0 aliphatic carbocycles. The van der Waals surface area contributed by atoms with Gasteiger partial charge in [0.15, 0.2) is 17.5 Å². The molecule has 2 rings (SSSR count). The monoisotopic (exact) mass is 273 g/mol. The van der Waals surface area contributed by atoms with Gasteiger partial charge < -0.3 is 10.0 Å². The van der Waals surface area contributed by atoms with Crippen molar-refractivity contribution in [3.8, 4) is 0 Å². The van der Waals surface area contributed by atoms with Crippen LogP contribution in [0, 0.1) is 17.5 Å². The minimum atomic E-state index is -1.66. The molecule has 0 aromatic heterocycles. The van der Waals surface area contributed by atoms with Gasteiger partial charge in [-0.3, -0.25) is 4.79 Å². The Hall–Kier alpha value is -2.05. The van der Waals surface area contributed by atoms with E-state index in [0.29, 0.717) is 18.6 Å². The van der Waals surface area contributed by atoms with Crippen LogP contribution in [0.5, 0.6) is 0 Å². The molecule has 0 bridgehead atoms. The van der Waals surface area contributed by atoms with Crippen molar-refractivity contribution >= 4 is 11.9 Å². The third-order valence-electron chi connectivity index (χ3n) is 3.03. The largest absolute Gasteiger partial charge is 0.480 e. The highest BCUT2D eigenvalue weighted by Crippen LogP contribution is 2.22. The maximum absolute atomic E-state index is 13.0. The summed E-state index contributed by atoms with van der Waals surface area (Å²) in [5, 5.41) is 8.93. The van der Waals surface area contributed by atoms with E-state index in [4.69, 9.17) is 5.11 Å². The lowest BCUT2D eigenvalue weighted by molar-refractivity contribution is -0.141. The fraction of sp³-hybridized carbons (Fsp3) is 0.333. The summed E-state index contributed by atoms with van der Waals surface area (Å²) < 4.78 is 38.9. The summed E-state index contributed by atoms with van der Waals surface area (Å²) in [6.45, 7) is 0.191. The van der Waals surface area contributed by atoms with Gasteiger partial charge in [0, 0.05) is 12.1 Å². The molecule has 0 radical (unpaired) electrons. The maximum Gasteiger partial charge on any atom is 0.326 e. The normalized spacial score (nSPS) is 18.7. The van der Waals surface area contributed by atoms with E-state index in [1.54, 1.807) is 0 Å². The molecular weight excluding hydrogens is 263 g/mol. The number of hydrogen-bond donors (Lipinski definition) is 1. The molecule has 1 fully saturated rings. The smallest absolute Gasteiger partial charge is 0.326 e. The first-order valence-electron chi connectivity index (χ1n) is 5.60. The van der Waals surface area contributed by atoms with E-state index in [2.05, 4.69) is 0 Å². The predicted octanol–water partition coefficient (Wildman–Crippen LogP) is 1.79. The van der Waals surface area contributed by atoms with Crippen molar-refractivity contribution in [2.75, 3.05) is 6.54 Å². The van der Waals surface area contributed by atoms with Crippen LogP contribution in [-0.4, -0.2) is 34.5 Å². The molecule has 1 aliphatic heterocycles. The number of amides is 1. The number of halogens is 3. The van der Waals surface area contributed by atoms with Gasteiger partial charge in [-0.1, -0.05) is 0 Å². The van der Waals surface area contributed by atoms with Crippen molar-refractivity contribution in [1.29, 1.82) is 0 Å². The van der Waals surface area contributed by atoms with Crippen molar-refractivity contribution < 1.29 is 27.9 Å². The molecule has 1 aromatic carbocycles. The van der Waals surface area contributed by atoms with Gasteiger partial charge in [0.25, 0.3) is 5.91 Å². The topological polar surface area (TPSA) is 57.6 Å². The number of hydrogen-bond acceptors (Lipinski definition) is 2. The van der Waals surface area contributed by atoms with E-state index in [1.807, 2.05) is 0 Å². The molecular formula is C12H10F3NO3. The lowest BCUT2D eigenvalue weighted by atomic mass is 10.1. The zero-order valence-corrected chi connectivity index (χ0v) is 9.70. The van der Waals surface area contributed by atoms with Crippen LogP contribution in [-0.2, 0) is 4.79 Å². The maximum atomic E-state index is 13.0. The molecule has 1 saturated heterocycles. The van der Waals surface area contributed by atoms with Crippen molar-refractivity contribution in [2.24, 2.45) is 0 Å². The Balaban J connectivity index is 2.32. The van der Waals surface area contributed by atoms with Gasteiger partial charge in [-0.25, -0.2) is 18.0 Å². The van der Waals surface area contributed by atoms with Crippen LogP contribution in [0.2, 0.25) is 0 Å². The quantitative estimate of drug-likeness (QED) is 0.836. The first-order valence-corrected chi connectivity index (χ1v) is 5.60. The molecule has 1 aromatic rings. The molecule has 0 saturated carbocycles. The van der Waals surface area contributed by atoms with Crippen LogP contribution in [0.15, 0.2) is 12.1 Å². The third-order valence-corrected chi connectivity index (χ3v) is 3.03. The van der Waals surface area contributed by atoms with Crippen LogP contribution < -0.4 is 0 Å². The molecule has 1 aliphatic rings. The molecule has 1 amide bonds. The highest BCUT2D eigenvalue weighted by molar-refractivity contribution is 5.97. The van der Waals surface area contributed by atoms with Gasteiger partial charge in [-0.2, -0.15) is 0 Å². The van der Waals surface area contributed by atoms with Gasteiger partial charge in [0.1, 0.15) is 6.04 Å². The standard InChI is InChI=1S/C12H10F3NO3/c13-7-4-6(5-8(14)10(7)15)11(17)16-3-1-2-9(16)12(18)19/h4-5,9H,1-3H2,(H,18,19). The van der Waals surface area contributed by atoms with E-state index in [0.717, 1.165) is 4.90 Å². The number of carbonyl (C=O) groups is 2. The Morgan fingerprint density at radius 2 is 1.79 bits per heavy atom. The summed E-state index contributed by atoms with van der Waals surface area (Å²) in [7, 11) is 0. The summed E-state index contributed by atoms with van der Waals surface area (Å²) in [5.74, 6) is -6.60. The third kappa shape index (κ3) is 2.40. The molecule has 0 spiro atoms. The fourth-order valence-electron chi connectivity index (χ4n) is 2.11. The van der Waals surface area contributed by atoms with Crippen molar-refractivity contribution in [2.45, 2.75) is 18.9 Å². The molecule has 4 nitrogen and oxygen atoms in total. The van der Waals surface area contributed by atoms with Crippen molar-refractivity contribution in [1.82, 2.24) is 4.90 Å². The summed E-state index contributed by atoms with van der Waals surface area (Å²) in [6, 6.07) is 0.124. The minimum absolute atomic E-state index is 0.191. The lowest BCUT2D eigenvalue weighted by Gasteiger charge is -2.21. The highest BCUT2D eigenvalue weighted by atomic mass is 19.2. The number of carboxylic acid groups (broad SMARTS) is 1. The van der Waals surface area contributed by atoms with E-state index >= 15 is 0 Å². The van der Waals surface area contributed by atoms with Crippen LogP contribution >= 0.6 is 0 Å². The average molecular weight is 273 g/mol. The van der Waals surface area contributed by atoms with E-state index in [1.165, 1.54) is 0 Å². The Morgan fingerprint density at radius 3 is 2.32 bits per heavy atom. The minimum Gasteiger partial charge on any atom is -0.480 e. The fourth-order valence-corrected chi connectivity index (χ4v) is 2.11. The number of carboxylic acids is 1. The first-order chi connectivity index (χ1) is 8.91. The van der Waals surface area contributed by atoms with Gasteiger partial charge in [0.2, 0.25) is 0 Å². The van der Waals surface area contributed by atoms with Crippen LogP contribution in [0.1, 0.15) is 23.2 Å². The summed E-state index contributed by atoms with van der Waals surface area (Å²) in [5.41, 5.74) is -0.399. The molecule has 1 atom stereocenters. The van der Waals surface area contributed by atoms with E-state index in [-0.39, 0.29) is 13.0 Å². The summed E-state index contributed by atoms with van der Waals surface area (Å²) >= 11 is 0. The predicted molar refractivity (Wildman–Crippen MR) is 58.0 cm³/mol. The Bertz CT molecular complexity index is 524. The van der Waals surface area contributed by atoms with E-state index in [9.17, 15) is 22.8 Å². The second kappa shape index (κ2) is 4.91. The number of carbonyl (C=O) groups excluding carboxylic acids is 1. The number of rotatable bonds is 2. The Labute approximate surface area is 106 Å². The molecule has 7 heteroatoms. The average Bonchev–Trinajstić information content (AvgIpc) is 2.83. The van der Waals surface area contributed by atoms with Crippen LogP contribution in [0.3, 0.4) is 0 Å². The summed E-state index contributed by atoms with van der Waals surface area (Å²) in [4.78, 5) is 23.9. The highest BCUT2D eigenvalue weighted by Gasteiger charge is 2.34. The van der Waals surface area contributed by atoms with E-state index < -0.39 is 40.9 Å². The Morgan fingerprint density at radius 1 is 1.21 bits per heavy atom. The second-order valence-electron chi connectivity index (χ2n) is 4.25. The zero-order valence-electron chi connectivity index (χ0n) is 9.70. The molecule has 1 N–H and O–H groups in total. The number of aliphatic carboxylic acids is 1. The second-order valence-corrected chi connectivity index (χ2v) is 4.25. The number of likely N-dealkylation sites (tertiary alicyclic amines) is 1. The van der Waals surface area contributed by atoms with Crippen LogP contribution in [0.25, 0.3) is 0 Å². The van der Waals surface area contributed by atoms with Gasteiger partial charge in [-0.05, 0) is 25.0 Å². The SMILES string of the molecule is O=C(O)C1CCCN1C(=O)c1cc(F)c(F)c(F)c1. The van der Waals surface area contributed by atoms with Crippen LogP contribution in [0.4, 0.5) is 13.2 Å². The molecule has 19 heavy (non-hydrogen) atoms. The Kier molecular flexibility index (Phi) is 3.46.